The largest absolute Gasteiger partial charge is 0.492 e. The number of ether oxygens (including phenoxy) is 1. The van der Waals surface area contributed by atoms with Gasteiger partial charge in [0.25, 0.3) is 0 Å². The third kappa shape index (κ3) is 4.36. The van der Waals surface area contributed by atoms with Crippen LogP contribution in [-0.4, -0.2) is 21.6 Å². The van der Waals surface area contributed by atoms with Crippen molar-refractivity contribution >= 4 is 33.2 Å². The molecule has 2 rings (SSSR count). The Kier molecular flexibility index (Phi) is 5.69. The Bertz CT molecular complexity index is 763. The Morgan fingerprint density at radius 3 is 2.55 bits per heavy atom. The highest BCUT2D eigenvalue weighted by Crippen LogP contribution is 2.22. The van der Waals surface area contributed by atoms with E-state index < -0.39 is 10.0 Å². The fourth-order valence-corrected chi connectivity index (χ4v) is 3.61. The number of hydrogen-bond donors (Lipinski definition) is 1. The SMILES string of the molecule is Cc1cc(Cl)ccc1OCCNS(=O)(=O)c1ccccc1Cl. The molecular formula is C15H15Cl2NO3S. The van der Waals surface area contributed by atoms with Crippen LogP contribution in [0.4, 0.5) is 0 Å². The normalized spacial score (nSPS) is 11.4. The molecule has 0 spiro atoms. The minimum absolute atomic E-state index is 0.0549. The lowest BCUT2D eigenvalue weighted by Crippen LogP contribution is -2.28. The summed E-state index contributed by atoms with van der Waals surface area (Å²) in [6.07, 6.45) is 0. The van der Waals surface area contributed by atoms with Crippen molar-refractivity contribution in [2.24, 2.45) is 0 Å². The van der Waals surface area contributed by atoms with E-state index in [4.69, 9.17) is 27.9 Å². The molecule has 0 atom stereocenters. The quantitative estimate of drug-likeness (QED) is 0.800. The summed E-state index contributed by atoms with van der Waals surface area (Å²) < 4.78 is 32.2. The topological polar surface area (TPSA) is 55.4 Å². The molecule has 0 radical (unpaired) electrons. The van der Waals surface area contributed by atoms with Gasteiger partial charge in [-0.1, -0.05) is 35.3 Å². The van der Waals surface area contributed by atoms with Crippen molar-refractivity contribution in [1.82, 2.24) is 4.72 Å². The van der Waals surface area contributed by atoms with E-state index >= 15 is 0 Å². The molecule has 0 unspecified atom stereocenters. The monoisotopic (exact) mass is 359 g/mol. The van der Waals surface area contributed by atoms with Crippen LogP contribution in [0.3, 0.4) is 0 Å². The molecule has 0 saturated carbocycles. The highest BCUT2D eigenvalue weighted by molar-refractivity contribution is 7.89. The minimum atomic E-state index is -3.65. The molecule has 0 heterocycles. The molecule has 118 valence electrons. The van der Waals surface area contributed by atoms with Gasteiger partial charge in [0.1, 0.15) is 17.3 Å². The summed E-state index contributed by atoms with van der Waals surface area (Å²) in [6.45, 7) is 2.21. The first-order valence-corrected chi connectivity index (χ1v) is 8.77. The van der Waals surface area contributed by atoms with Crippen LogP contribution in [0.25, 0.3) is 0 Å². The van der Waals surface area contributed by atoms with Crippen molar-refractivity contribution in [3.8, 4) is 5.75 Å². The van der Waals surface area contributed by atoms with E-state index in [-0.39, 0.29) is 23.1 Å². The highest BCUT2D eigenvalue weighted by Gasteiger charge is 2.16. The molecule has 0 fully saturated rings. The second kappa shape index (κ2) is 7.33. The summed E-state index contributed by atoms with van der Waals surface area (Å²) in [6, 6.07) is 11.5. The maximum Gasteiger partial charge on any atom is 0.242 e. The third-order valence-corrected chi connectivity index (χ3v) is 5.11. The molecule has 7 heteroatoms. The van der Waals surface area contributed by atoms with E-state index in [9.17, 15) is 8.42 Å². The van der Waals surface area contributed by atoms with Crippen LogP contribution < -0.4 is 9.46 Å². The van der Waals surface area contributed by atoms with Crippen LogP contribution >= 0.6 is 23.2 Å². The smallest absolute Gasteiger partial charge is 0.242 e. The Morgan fingerprint density at radius 2 is 1.86 bits per heavy atom. The fraction of sp³-hybridized carbons (Fsp3) is 0.200. The highest BCUT2D eigenvalue weighted by atomic mass is 35.5. The molecule has 0 amide bonds. The number of sulfonamides is 1. The van der Waals surface area contributed by atoms with Crippen LogP contribution in [0.1, 0.15) is 5.56 Å². The average Bonchev–Trinajstić information content (AvgIpc) is 2.45. The van der Waals surface area contributed by atoms with Gasteiger partial charge in [-0.05, 0) is 42.8 Å². The fourth-order valence-electron chi connectivity index (χ4n) is 1.85. The van der Waals surface area contributed by atoms with Crippen molar-refractivity contribution in [1.29, 1.82) is 0 Å². The predicted octanol–water partition coefficient (Wildman–Crippen LogP) is 3.66. The van der Waals surface area contributed by atoms with E-state index in [1.54, 1.807) is 30.3 Å². The van der Waals surface area contributed by atoms with Crippen LogP contribution in [0.5, 0.6) is 5.75 Å². The third-order valence-electron chi connectivity index (χ3n) is 2.91. The standard InChI is InChI=1S/C15H15Cl2NO3S/c1-11-10-12(16)6-7-14(11)21-9-8-18-22(19,20)15-5-3-2-4-13(15)17/h2-7,10,18H,8-9H2,1H3. The van der Waals surface area contributed by atoms with E-state index in [0.717, 1.165) is 5.56 Å². The summed E-state index contributed by atoms with van der Waals surface area (Å²) in [5.74, 6) is 0.668. The molecule has 22 heavy (non-hydrogen) atoms. The van der Waals surface area contributed by atoms with E-state index in [1.165, 1.54) is 12.1 Å². The minimum Gasteiger partial charge on any atom is -0.492 e. The van der Waals surface area contributed by atoms with Crippen molar-refractivity contribution < 1.29 is 13.2 Å². The summed E-state index contributed by atoms with van der Waals surface area (Å²) >= 11 is 11.8. The van der Waals surface area contributed by atoms with Gasteiger partial charge in [-0.3, -0.25) is 0 Å². The van der Waals surface area contributed by atoms with Gasteiger partial charge in [-0.25, -0.2) is 13.1 Å². The van der Waals surface area contributed by atoms with Gasteiger partial charge < -0.3 is 4.74 Å². The number of halogens is 2. The van der Waals surface area contributed by atoms with Gasteiger partial charge in [0.15, 0.2) is 0 Å². The van der Waals surface area contributed by atoms with Crippen molar-refractivity contribution in [3.63, 3.8) is 0 Å². The molecule has 0 aliphatic rings. The van der Waals surface area contributed by atoms with Gasteiger partial charge >= 0.3 is 0 Å². The zero-order valence-corrected chi connectivity index (χ0v) is 14.2. The number of rotatable bonds is 6. The van der Waals surface area contributed by atoms with Gasteiger partial charge in [0.05, 0.1) is 5.02 Å². The Balaban J connectivity index is 1.92. The summed E-state index contributed by atoms with van der Waals surface area (Å²) in [5, 5.41) is 0.814. The Hall–Kier alpha value is -1.27. The molecule has 0 saturated heterocycles. The van der Waals surface area contributed by atoms with Gasteiger partial charge in [-0.15, -0.1) is 0 Å². The second-order valence-corrected chi connectivity index (χ2v) is 7.17. The predicted molar refractivity (Wildman–Crippen MR) is 88.3 cm³/mol. The zero-order chi connectivity index (χ0) is 16.2. The maximum atomic E-state index is 12.1. The van der Waals surface area contributed by atoms with E-state index in [1.807, 2.05) is 6.92 Å². The second-order valence-electron chi connectivity index (χ2n) is 4.59. The van der Waals surface area contributed by atoms with Crippen LogP contribution in [0, 0.1) is 6.92 Å². The van der Waals surface area contributed by atoms with Crippen LogP contribution in [-0.2, 0) is 10.0 Å². The first-order valence-electron chi connectivity index (χ1n) is 6.53. The molecule has 0 bridgehead atoms. The molecule has 0 aromatic heterocycles. The zero-order valence-electron chi connectivity index (χ0n) is 11.8. The summed E-state index contributed by atoms with van der Waals surface area (Å²) in [7, 11) is -3.65. The van der Waals surface area contributed by atoms with E-state index in [0.29, 0.717) is 10.8 Å². The first-order chi connectivity index (χ1) is 10.4. The number of aryl methyl sites for hydroxylation is 1. The maximum absolute atomic E-state index is 12.1. The molecule has 0 aliphatic heterocycles. The van der Waals surface area contributed by atoms with E-state index in [2.05, 4.69) is 4.72 Å². The number of hydrogen-bond acceptors (Lipinski definition) is 3. The molecule has 2 aromatic rings. The van der Waals surface area contributed by atoms with Crippen LogP contribution in [0.15, 0.2) is 47.4 Å². The number of nitrogens with one attached hydrogen (secondary N) is 1. The molecule has 4 nitrogen and oxygen atoms in total. The average molecular weight is 360 g/mol. The van der Waals surface area contributed by atoms with Gasteiger partial charge in [-0.2, -0.15) is 0 Å². The van der Waals surface area contributed by atoms with Gasteiger partial charge in [0, 0.05) is 11.6 Å². The molecule has 2 aromatic carbocycles. The summed E-state index contributed by atoms with van der Waals surface area (Å²) in [4.78, 5) is 0.0549. The van der Waals surface area contributed by atoms with Crippen LogP contribution in [0.2, 0.25) is 10.0 Å². The van der Waals surface area contributed by atoms with Crippen molar-refractivity contribution in [2.45, 2.75) is 11.8 Å². The lowest BCUT2D eigenvalue weighted by Gasteiger charge is -2.11. The van der Waals surface area contributed by atoms with Gasteiger partial charge in [0.2, 0.25) is 10.0 Å². The molecule has 0 aliphatic carbocycles. The molecular weight excluding hydrogens is 345 g/mol. The Labute approximate surface area is 140 Å². The lowest BCUT2D eigenvalue weighted by molar-refractivity contribution is 0.320. The number of benzene rings is 2. The first kappa shape index (κ1) is 17.1. The summed E-state index contributed by atoms with van der Waals surface area (Å²) in [5.41, 5.74) is 0.890. The van der Waals surface area contributed by atoms with Crippen molar-refractivity contribution in [3.05, 3.63) is 58.1 Å². The lowest BCUT2D eigenvalue weighted by atomic mass is 10.2. The van der Waals surface area contributed by atoms with Crippen molar-refractivity contribution in [2.75, 3.05) is 13.2 Å². The molecule has 1 N–H and O–H groups in total. The Morgan fingerprint density at radius 1 is 1.14 bits per heavy atom.